The lowest BCUT2D eigenvalue weighted by atomic mass is 10.1. The van der Waals surface area contributed by atoms with E-state index in [2.05, 4.69) is 5.32 Å². The van der Waals surface area contributed by atoms with Crippen LogP contribution in [0.5, 0.6) is 0 Å². The molecule has 2 aliphatic heterocycles. The van der Waals surface area contributed by atoms with Crippen LogP contribution in [-0.4, -0.2) is 58.1 Å². The topological polar surface area (TPSA) is 86.8 Å². The second-order valence-electron chi connectivity index (χ2n) is 7.39. The molecular weight excluding hydrogens is 322 g/mol. The smallest absolute Gasteiger partial charge is 0.262 e. The molecule has 2 heterocycles. The molecule has 0 aliphatic carbocycles. The maximum absolute atomic E-state index is 12.3. The van der Waals surface area contributed by atoms with Gasteiger partial charge in [-0.25, -0.2) is 0 Å². The molecule has 25 heavy (non-hydrogen) atoms. The molecule has 3 rings (SSSR count). The molecule has 1 aromatic carbocycles. The molecule has 7 heteroatoms. The molecule has 0 spiro atoms. The molecule has 1 atom stereocenters. The van der Waals surface area contributed by atoms with Gasteiger partial charge in [0.15, 0.2) is 0 Å². The Balaban J connectivity index is 1.62. The number of fused-ring (bicyclic) bond motifs is 1. The van der Waals surface area contributed by atoms with Gasteiger partial charge in [0.05, 0.1) is 17.2 Å². The lowest BCUT2D eigenvalue weighted by Gasteiger charge is -2.32. The fraction of sp³-hybridized carbons (Fsp3) is 0.444. The van der Waals surface area contributed by atoms with Crippen molar-refractivity contribution in [3.63, 3.8) is 0 Å². The van der Waals surface area contributed by atoms with E-state index in [0.29, 0.717) is 17.7 Å². The third kappa shape index (κ3) is 3.14. The van der Waals surface area contributed by atoms with Crippen LogP contribution in [0, 0.1) is 0 Å². The maximum Gasteiger partial charge on any atom is 0.262 e. The normalized spacial score (nSPS) is 20.3. The van der Waals surface area contributed by atoms with Crippen molar-refractivity contribution in [2.24, 2.45) is 0 Å². The molecule has 4 amide bonds. The lowest BCUT2D eigenvalue weighted by molar-refractivity contribution is -0.131. The van der Waals surface area contributed by atoms with Crippen molar-refractivity contribution >= 4 is 23.6 Å². The minimum atomic E-state index is -0.463. The highest BCUT2D eigenvalue weighted by atomic mass is 16.2. The Morgan fingerprint density at radius 1 is 1.12 bits per heavy atom. The molecular formula is C18H21N3O4. The number of amides is 4. The van der Waals surface area contributed by atoms with Crippen LogP contribution in [0.15, 0.2) is 24.3 Å². The Morgan fingerprint density at radius 2 is 1.68 bits per heavy atom. The molecule has 1 fully saturated rings. The van der Waals surface area contributed by atoms with Crippen LogP contribution in [-0.2, 0) is 9.59 Å². The fourth-order valence-corrected chi connectivity index (χ4v) is 3.25. The summed E-state index contributed by atoms with van der Waals surface area (Å²) < 4.78 is 0. The van der Waals surface area contributed by atoms with E-state index in [1.807, 2.05) is 20.8 Å². The molecule has 0 saturated carbocycles. The van der Waals surface area contributed by atoms with Gasteiger partial charge in [0.25, 0.3) is 11.8 Å². The van der Waals surface area contributed by atoms with E-state index in [4.69, 9.17) is 0 Å². The minimum Gasteiger partial charge on any atom is -0.350 e. The Labute approximate surface area is 146 Å². The maximum atomic E-state index is 12.3. The Hall–Kier alpha value is -2.70. The summed E-state index contributed by atoms with van der Waals surface area (Å²) in [6.07, 6.45) is 0.227. The van der Waals surface area contributed by atoms with Gasteiger partial charge in [-0.1, -0.05) is 12.1 Å². The van der Waals surface area contributed by atoms with Crippen molar-refractivity contribution < 1.29 is 19.2 Å². The molecule has 0 radical (unpaired) electrons. The Kier molecular flexibility index (Phi) is 4.10. The van der Waals surface area contributed by atoms with E-state index in [1.54, 1.807) is 29.2 Å². The number of carbonyl (C=O) groups is 4. The van der Waals surface area contributed by atoms with E-state index in [0.717, 1.165) is 4.90 Å². The summed E-state index contributed by atoms with van der Waals surface area (Å²) in [6.45, 7) is 5.90. The number of carbonyl (C=O) groups excluding carboxylic acids is 4. The SMILES string of the molecule is CC(C)(C)N1CC(NC(=O)CN2C(=O)c3ccccc3C2=O)CC1=O. The second kappa shape index (κ2) is 5.98. The van der Waals surface area contributed by atoms with Gasteiger partial charge >= 0.3 is 0 Å². The van der Waals surface area contributed by atoms with Crippen LogP contribution in [0.2, 0.25) is 0 Å². The van der Waals surface area contributed by atoms with Crippen molar-refractivity contribution in [1.29, 1.82) is 0 Å². The molecule has 7 nitrogen and oxygen atoms in total. The second-order valence-corrected chi connectivity index (χ2v) is 7.39. The van der Waals surface area contributed by atoms with Gasteiger partial charge in [0.2, 0.25) is 11.8 Å². The zero-order valence-electron chi connectivity index (χ0n) is 14.5. The summed E-state index contributed by atoms with van der Waals surface area (Å²) in [7, 11) is 0. The minimum absolute atomic E-state index is 0.0152. The molecule has 1 saturated heterocycles. The zero-order chi connectivity index (χ0) is 18.4. The van der Waals surface area contributed by atoms with Crippen LogP contribution in [0.25, 0.3) is 0 Å². The van der Waals surface area contributed by atoms with Gasteiger partial charge in [-0.05, 0) is 32.9 Å². The van der Waals surface area contributed by atoms with E-state index >= 15 is 0 Å². The summed E-state index contributed by atoms with van der Waals surface area (Å²) in [5.74, 6) is -1.38. The van der Waals surface area contributed by atoms with E-state index in [1.165, 1.54) is 0 Å². The number of hydrogen-bond acceptors (Lipinski definition) is 4. The van der Waals surface area contributed by atoms with Crippen molar-refractivity contribution in [2.45, 2.75) is 38.8 Å². The van der Waals surface area contributed by atoms with Crippen LogP contribution in [0.4, 0.5) is 0 Å². The molecule has 0 aromatic heterocycles. The van der Waals surface area contributed by atoms with Gasteiger partial charge in [0.1, 0.15) is 6.54 Å². The van der Waals surface area contributed by atoms with E-state index in [-0.39, 0.29) is 30.5 Å². The van der Waals surface area contributed by atoms with Gasteiger partial charge < -0.3 is 10.2 Å². The Bertz CT molecular complexity index is 731. The number of rotatable bonds is 3. The first-order chi connectivity index (χ1) is 11.7. The highest BCUT2D eigenvalue weighted by Crippen LogP contribution is 2.23. The zero-order valence-corrected chi connectivity index (χ0v) is 14.5. The molecule has 0 bridgehead atoms. The van der Waals surface area contributed by atoms with E-state index < -0.39 is 17.7 Å². The molecule has 2 aliphatic rings. The van der Waals surface area contributed by atoms with Crippen molar-refractivity contribution in [1.82, 2.24) is 15.1 Å². The third-order valence-corrected chi connectivity index (χ3v) is 4.48. The number of hydrogen-bond donors (Lipinski definition) is 1. The largest absolute Gasteiger partial charge is 0.350 e. The van der Waals surface area contributed by atoms with Gasteiger partial charge in [-0.2, -0.15) is 0 Å². The molecule has 132 valence electrons. The number of benzene rings is 1. The number of imide groups is 1. The predicted molar refractivity (Wildman–Crippen MR) is 89.8 cm³/mol. The summed E-state index contributed by atoms with van der Waals surface area (Å²) in [6, 6.07) is 6.20. The van der Waals surface area contributed by atoms with Crippen LogP contribution in [0.1, 0.15) is 47.9 Å². The molecule has 1 N–H and O–H groups in total. The van der Waals surface area contributed by atoms with Crippen LogP contribution in [0.3, 0.4) is 0 Å². The monoisotopic (exact) mass is 343 g/mol. The summed E-state index contributed by atoms with van der Waals surface area (Å²) in [5.41, 5.74) is 0.324. The lowest BCUT2D eigenvalue weighted by Crippen LogP contribution is -2.47. The summed E-state index contributed by atoms with van der Waals surface area (Å²) in [4.78, 5) is 51.6. The van der Waals surface area contributed by atoms with Gasteiger partial charge in [-0.3, -0.25) is 24.1 Å². The van der Waals surface area contributed by atoms with Crippen LogP contribution >= 0.6 is 0 Å². The predicted octanol–water partition coefficient (Wildman–Crippen LogP) is 0.798. The van der Waals surface area contributed by atoms with Crippen LogP contribution < -0.4 is 5.32 Å². The summed E-state index contributed by atoms with van der Waals surface area (Å²) >= 11 is 0. The number of nitrogens with zero attached hydrogens (tertiary/aromatic N) is 2. The number of likely N-dealkylation sites (tertiary alicyclic amines) is 1. The average Bonchev–Trinajstić information content (AvgIpc) is 3.01. The van der Waals surface area contributed by atoms with Crippen molar-refractivity contribution in [3.05, 3.63) is 35.4 Å². The highest BCUT2D eigenvalue weighted by molar-refractivity contribution is 6.22. The first-order valence-corrected chi connectivity index (χ1v) is 8.23. The molecule has 1 aromatic rings. The standard InChI is InChI=1S/C18H21N3O4/c1-18(2,3)21-9-11(8-15(21)23)19-14(22)10-20-16(24)12-6-4-5-7-13(12)17(20)25/h4-7,11H,8-10H2,1-3H3,(H,19,22). The van der Waals surface area contributed by atoms with Crippen molar-refractivity contribution in [3.8, 4) is 0 Å². The number of nitrogens with one attached hydrogen (secondary N) is 1. The first-order valence-electron chi connectivity index (χ1n) is 8.23. The highest BCUT2D eigenvalue weighted by Gasteiger charge is 2.39. The van der Waals surface area contributed by atoms with Gasteiger partial charge in [0, 0.05) is 18.5 Å². The Morgan fingerprint density at radius 3 is 2.16 bits per heavy atom. The molecule has 1 unspecified atom stereocenters. The van der Waals surface area contributed by atoms with E-state index in [9.17, 15) is 19.2 Å². The first kappa shape index (κ1) is 17.1. The summed E-state index contributed by atoms with van der Waals surface area (Å²) in [5, 5.41) is 2.76. The van der Waals surface area contributed by atoms with Gasteiger partial charge in [-0.15, -0.1) is 0 Å². The fourth-order valence-electron chi connectivity index (χ4n) is 3.25. The third-order valence-electron chi connectivity index (χ3n) is 4.48. The quantitative estimate of drug-likeness (QED) is 0.823. The average molecular weight is 343 g/mol. The van der Waals surface area contributed by atoms with Crippen molar-refractivity contribution in [2.75, 3.05) is 13.1 Å².